The van der Waals surface area contributed by atoms with E-state index in [0.29, 0.717) is 17.4 Å². The lowest BCUT2D eigenvalue weighted by molar-refractivity contribution is -0.122. The van der Waals surface area contributed by atoms with Gasteiger partial charge in [0.25, 0.3) is 0 Å². The number of benzene rings is 1. The number of carbonyl (C=O) groups is 1. The molecule has 2 rings (SSSR count). The number of amides is 1. The zero-order valence-electron chi connectivity index (χ0n) is 11.3. The third-order valence-electron chi connectivity index (χ3n) is 3.67. The van der Waals surface area contributed by atoms with E-state index in [9.17, 15) is 4.79 Å². The lowest BCUT2D eigenvalue weighted by Gasteiger charge is -2.15. The Morgan fingerprint density at radius 1 is 1.58 bits per heavy atom. The molecule has 1 fully saturated rings. The highest BCUT2D eigenvalue weighted by atomic mass is 35.5. The van der Waals surface area contributed by atoms with Crippen LogP contribution in [0.5, 0.6) is 0 Å². The Bertz CT molecular complexity index is 430. The molecule has 0 aliphatic carbocycles. The molecular formula is C15H21ClN2O. The van der Waals surface area contributed by atoms with Gasteiger partial charge in [0.05, 0.1) is 6.04 Å². The zero-order valence-corrected chi connectivity index (χ0v) is 12.0. The van der Waals surface area contributed by atoms with Crippen molar-refractivity contribution in [3.05, 3.63) is 34.9 Å². The van der Waals surface area contributed by atoms with Crippen LogP contribution in [0.15, 0.2) is 24.3 Å². The standard InChI is InChI=1S/C15H21ClN2O/c1-11(13-3-2-4-14(16)9-13)18-15(19)6-5-12-7-8-17-10-12/h2-4,9,11-12,17H,5-8,10H2,1H3,(H,18,19)/t11-,12?/m1/s1. The van der Waals surface area contributed by atoms with Crippen molar-refractivity contribution in [2.45, 2.75) is 32.2 Å². The van der Waals surface area contributed by atoms with Gasteiger partial charge in [-0.05, 0) is 56.5 Å². The van der Waals surface area contributed by atoms with Crippen LogP contribution >= 0.6 is 11.6 Å². The Morgan fingerprint density at radius 3 is 3.11 bits per heavy atom. The van der Waals surface area contributed by atoms with E-state index in [1.165, 1.54) is 6.42 Å². The van der Waals surface area contributed by atoms with E-state index in [4.69, 9.17) is 11.6 Å². The number of hydrogen-bond donors (Lipinski definition) is 2. The minimum absolute atomic E-state index is 0.00732. The van der Waals surface area contributed by atoms with E-state index in [1.54, 1.807) is 0 Å². The van der Waals surface area contributed by atoms with Crippen molar-refractivity contribution in [3.8, 4) is 0 Å². The maximum Gasteiger partial charge on any atom is 0.220 e. The molecule has 1 unspecified atom stereocenters. The van der Waals surface area contributed by atoms with Crippen molar-refractivity contribution < 1.29 is 4.79 Å². The predicted octanol–water partition coefficient (Wildman–Crippen LogP) is 2.91. The molecule has 0 saturated carbocycles. The first-order valence-corrected chi connectivity index (χ1v) is 7.28. The van der Waals surface area contributed by atoms with Gasteiger partial charge in [-0.15, -0.1) is 0 Å². The minimum atomic E-state index is 0.00732. The van der Waals surface area contributed by atoms with Gasteiger partial charge in [0.2, 0.25) is 5.91 Å². The fraction of sp³-hybridized carbons (Fsp3) is 0.533. The first-order valence-electron chi connectivity index (χ1n) is 6.90. The van der Waals surface area contributed by atoms with Crippen LogP contribution in [0, 0.1) is 5.92 Å². The summed E-state index contributed by atoms with van der Waals surface area (Å²) in [4.78, 5) is 11.9. The van der Waals surface area contributed by atoms with E-state index in [0.717, 1.165) is 25.1 Å². The molecule has 1 heterocycles. The lowest BCUT2D eigenvalue weighted by Crippen LogP contribution is -2.27. The third-order valence-corrected chi connectivity index (χ3v) is 3.90. The Balaban J connectivity index is 1.77. The minimum Gasteiger partial charge on any atom is -0.350 e. The molecule has 3 nitrogen and oxygen atoms in total. The normalized spacial score (nSPS) is 20.2. The van der Waals surface area contributed by atoms with Crippen molar-refractivity contribution in [2.75, 3.05) is 13.1 Å². The summed E-state index contributed by atoms with van der Waals surface area (Å²) in [6.45, 7) is 4.13. The molecule has 104 valence electrons. The zero-order chi connectivity index (χ0) is 13.7. The van der Waals surface area contributed by atoms with E-state index in [-0.39, 0.29) is 11.9 Å². The molecule has 0 bridgehead atoms. The van der Waals surface area contributed by atoms with Crippen LogP contribution in [-0.2, 0) is 4.79 Å². The fourth-order valence-electron chi connectivity index (χ4n) is 2.47. The Hall–Kier alpha value is -1.06. The number of halogens is 1. The molecule has 1 aromatic carbocycles. The van der Waals surface area contributed by atoms with Crippen molar-refractivity contribution in [2.24, 2.45) is 5.92 Å². The van der Waals surface area contributed by atoms with E-state index in [1.807, 2.05) is 31.2 Å². The van der Waals surface area contributed by atoms with Gasteiger partial charge in [0, 0.05) is 11.4 Å². The van der Waals surface area contributed by atoms with Crippen LogP contribution in [0.3, 0.4) is 0 Å². The molecule has 4 heteroatoms. The summed E-state index contributed by atoms with van der Waals surface area (Å²) in [6, 6.07) is 7.63. The number of hydrogen-bond acceptors (Lipinski definition) is 2. The smallest absolute Gasteiger partial charge is 0.220 e. The summed E-state index contributed by atoms with van der Waals surface area (Å²) in [6.07, 6.45) is 2.77. The quantitative estimate of drug-likeness (QED) is 0.871. The molecule has 1 saturated heterocycles. The van der Waals surface area contributed by atoms with Gasteiger partial charge in [0.1, 0.15) is 0 Å². The fourth-order valence-corrected chi connectivity index (χ4v) is 2.67. The summed E-state index contributed by atoms with van der Waals surface area (Å²) in [5, 5.41) is 7.06. The molecule has 0 spiro atoms. The van der Waals surface area contributed by atoms with Crippen molar-refractivity contribution in [1.82, 2.24) is 10.6 Å². The maximum atomic E-state index is 11.9. The summed E-state index contributed by atoms with van der Waals surface area (Å²) < 4.78 is 0. The number of rotatable bonds is 5. The van der Waals surface area contributed by atoms with Crippen molar-refractivity contribution in [3.63, 3.8) is 0 Å². The Labute approximate surface area is 119 Å². The van der Waals surface area contributed by atoms with Crippen LogP contribution in [-0.4, -0.2) is 19.0 Å². The van der Waals surface area contributed by atoms with Gasteiger partial charge in [-0.3, -0.25) is 4.79 Å². The molecule has 2 N–H and O–H groups in total. The number of nitrogens with one attached hydrogen (secondary N) is 2. The van der Waals surface area contributed by atoms with Gasteiger partial charge in [0.15, 0.2) is 0 Å². The first-order chi connectivity index (χ1) is 9.15. The van der Waals surface area contributed by atoms with Gasteiger partial charge >= 0.3 is 0 Å². The first kappa shape index (κ1) is 14.4. The largest absolute Gasteiger partial charge is 0.350 e. The average molecular weight is 281 g/mol. The predicted molar refractivity (Wildman–Crippen MR) is 78.2 cm³/mol. The van der Waals surface area contributed by atoms with Crippen LogP contribution in [0.2, 0.25) is 5.02 Å². The summed E-state index contributed by atoms with van der Waals surface area (Å²) in [5.41, 5.74) is 1.04. The highest BCUT2D eigenvalue weighted by molar-refractivity contribution is 6.30. The van der Waals surface area contributed by atoms with Crippen molar-refractivity contribution in [1.29, 1.82) is 0 Å². The number of carbonyl (C=O) groups excluding carboxylic acids is 1. The second-order valence-electron chi connectivity index (χ2n) is 5.24. The Morgan fingerprint density at radius 2 is 2.42 bits per heavy atom. The van der Waals surface area contributed by atoms with E-state index >= 15 is 0 Å². The second-order valence-corrected chi connectivity index (χ2v) is 5.68. The molecule has 1 aliphatic heterocycles. The maximum absolute atomic E-state index is 11.9. The molecular weight excluding hydrogens is 260 g/mol. The highest BCUT2D eigenvalue weighted by Gasteiger charge is 2.16. The highest BCUT2D eigenvalue weighted by Crippen LogP contribution is 2.18. The van der Waals surface area contributed by atoms with Crippen LogP contribution in [0.4, 0.5) is 0 Å². The van der Waals surface area contributed by atoms with E-state index in [2.05, 4.69) is 10.6 Å². The van der Waals surface area contributed by atoms with Gasteiger partial charge in [-0.2, -0.15) is 0 Å². The summed E-state index contributed by atoms with van der Waals surface area (Å²) in [5.74, 6) is 0.784. The molecule has 2 atom stereocenters. The van der Waals surface area contributed by atoms with Crippen molar-refractivity contribution >= 4 is 17.5 Å². The lowest BCUT2D eigenvalue weighted by atomic mass is 10.0. The Kier molecular flexibility index (Phi) is 5.23. The molecule has 1 aliphatic rings. The summed E-state index contributed by atoms with van der Waals surface area (Å²) >= 11 is 5.95. The topological polar surface area (TPSA) is 41.1 Å². The molecule has 1 aromatic rings. The summed E-state index contributed by atoms with van der Waals surface area (Å²) in [7, 11) is 0. The third kappa shape index (κ3) is 4.51. The van der Waals surface area contributed by atoms with Crippen LogP contribution < -0.4 is 10.6 Å². The molecule has 0 aromatic heterocycles. The average Bonchev–Trinajstić information content (AvgIpc) is 2.89. The van der Waals surface area contributed by atoms with Crippen LogP contribution in [0.25, 0.3) is 0 Å². The molecule has 19 heavy (non-hydrogen) atoms. The molecule has 1 amide bonds. The molecule has 0 radical (unpaired) electrons. The van der Waals surface area contributed by atoms with E-state index < -0.39 is 0 Å². The second kappa shape index (κ2) is 6.92. The van der Waals surface area contributed by atoms with Crippen LogP contribution in [0.1, 0.15) is 37.8 Å². The van der Waals surface area contributed by atoms with Gasteiger partial charge < -0.3 is 10.6 Å². The SMILES string of the molecule is C[C@@H](NC(=O)CCC1CCNC1)c1cccc(Cl)c1. The monoisotopic (exact) mass is 280 g/mol. The van der Waals surface area contributed by atoms with Gasteiger partial charge in [-0.1, -0.05) is 23.7 Å². The van der Waals surface area contributed by atoms with Gasteiger partial charge in [-0.25, -0.2) is 0 Å².